The van der Waals surface area contributed by atoms with E-state index in [0.717, 1.165) is 12.8 Å². The first-order valence-electron chi connectivity index (χ1n) is 12.7. The number of aromatic nitrogens is 1. The Morgan fingerprint density at radius 1 is 1.08 bits per heavy atom. The number of ether oxygens (including phenoxy) is 1. The van der Waals surface area contributed by atoms with Gasteiger partial charge >= 0.3 is 5.97 Å². The number of benzene rings is 1. The zero-order chi connectivity index (χ0) is 27.4. The molecule has 0 saturated heterocycles. The van der Waals surface area contributed by atoms with E-state index in [1.54, 1.807) is 30.3 Å². The molecule has 1 saturated carbocycles. The van der Waals surface area contributed by atoms with E-state index in [4.69, 9.17) is 20.8 Å². The van der Waals surface area contributed by atoms with Gasteiger partial charge in [0.25, 0.3) is 5.91 Å². The standard InChI is InChI=1S/C28H33ClN4O5/c1-28(2,3)38-23(34)16-33(4)19-12-9-17(10-13-19)26(35)32-24-20-7-5-6-8-21(20)37-25(24)27(36)31-22-14-11-18(29)15-30-22/h5-8,11,14-15,17,19H,9-10,12-13,16H2,1-4H3,(H,32,35)(H,30,31,36)/t17-,19-. The van der Waals surface area contributed by atoms with E-state index < -0.39 is 11.5 Å². The highest BCUT2D eigenvalue weighted by atomic mass is 35.5. The molecule has 0 bridgehead atoms. The Morgan fingerprint density at radius 2 is 1.79 bits per heavy atom. The van der Waals surface area contributed by atoms with E-state index in [-0.39, 0.29) is 36.1 Å². The van der Waals surface area contributed by atoms with Crippen molar-refractivity contribution < 1.29 is 23.5 Å². The van der Waals surface area contributed by atoms with Crippen LogP contribution in [0, 0.1) is 5.92 Å². The van der Waals surface area contributed by atoms with Crippen LogP contribution in [0.3, 0.4) is 0 Å². The van der Waals surface area contributed by atoms with Gasteiger partial charge in [-0.2, -0.15) is 0 Å². The number of esters is 1. The predicted molar refractivity (Wildman–Crippen MR) is 146 cm³/mol. The van der Waals surface area contributed by atoms with E-state index in [2.05, 4.69) is 15.6 Å². The van der Waals surface area contributed by atoms with Crippen LogP contribution in [0.2, 0.25) is 5.02 Å². The highest BCUT2D eigenvalue weighted by Gasteiger charge is 2.31. The Kier molecular flexibility index (Phi) is 8.38. The molecule has 0 radical (unpaired) electrons. The molecule has 202 valence electrons. The molecular formula is C28H33ClN4O5. The number of nitrogens with one attached hydrogen (secondary N) is 2. The average molecular weight is 541 g/mol. The molecular weight excluding hydrogens is 508 g/mol. The van der Waals surface area contributed by atoms with Crippen molar-refractivity contribution in [2.45, 2.75) is 58.1 Å². The number of furan rings is 1. The van der Waals surface area contributed by atoms with Gasteiger partial charge < -0.3 is 19.8 Å². The van der Waals surface area contributed by atoms with Crippen LogP contribution in [0.4, 0.5) is 11.5 Å². The fraction of sp³-hybridized carbons (Fsp3) is 0.429. The third-order valence-corrected chi connectivity index (χ3v) is 6.73. The van der Waals surface area contributed by atoms with Crippen LogP contribution in [0.1, 0.15) is 57.0 Å². The largest absolute Gasteiger partial charge is 0.459 e. The van der Waals surface area contributed by atoms with Gasteiger partial charge in [0.2, 0.25) is 11.7 Å². The van der Waals surface area contributed by atoms with Crippen LogP contribution in [-0.2, 0) is 14.3 Å². The van der Waals surface area contributed by atoms with Crippen molar-refractivity contribution in [1.29, 1.82) is 0 Å². The van der Waals surface area contributed by atoms with Crippen molar-refractivity contribution in [2.24, 2.45) is 5.92 Å². The lowest BCUT2D eigenvalue weighted by atomic mass is 9.85. The van der Waals surface area contributed by atoms with E-state index in [9.17, 15) is 14.4 Å². The number of likely N-dealkylation sites (N-methyl/N-ethyl adjacent to an activating group) is 1. The quantitative estimate of drug-likeness (QED) is 0.380. The summed E-state index contributed by atoms with van der Waals surface area (Å²) in [6.07, 6.45) is 4.32. The van der Waals surface area contributed by atoms with Gasteiger partial charge in [-0.3, -0.25) is 19.3 Å². The molecule has 0 unspecified atom stereocenters. The summed E-state index contributed by atoms with van der Waals surface area (Å²) >= 11 is 5.88. The summed E-state index contributed by atoms with van der Waals surface area (Å²) in [4.78, 5) is 44.7. The number of pyridine rings is 1. The van der Waals surface area contributed by atoms with E-state index in [0.29, 0.717) is 40.3 Å². The highest BCUT2D eigenvalue weighted by molar-refractivity contribution is 6.30. The highest BCUT2D eigenvalue weighted by Crippen LogP contribution is 2.34. The Labute approximate surface area is 226 Å². The van der Waals surface area contributed by atoms with Crippen LogP contribution < -0.4 is 10.6 Å². The summed E-state index contributed by atoms with van der Waals surface area (Å²) in [5.41, 5.74) is 0.303. The third kappa shape index (κ3) is 6.90. The fourth-order valence-corrected chi connectivity index (χ4v) is 4.77. The molecule has 1 aromatic carbocycles. The van der Waals surface area contributed by atoms with E-state index in [1.165, 1.54) is 6.20 Å². The molecule has 2 aromatic heterocycles. The van der Waals surface area contributed by atoms with Crippen molar-refractivity contribution in [3.8, 4) is 0 Å². The second kappa shape index (κ2) is 11.5. The molecule has 1 fully saturated rings. The number of carbonyl (C=O) groups is 3. The van der Waals surface area contributed by atoms with Gasteiger partial charge in [-0.05, 0) is 77.8 Å². The SMILES string of the molecule is CN(CC(=O)OC(C)(C)C)[C@H]1CC[C@H](C(=O)Nc2c(C(=O)Nc3ccc(Cl)cn3)oc3ccccc23)CC1. The molecule has 4 rings (SSSR count). The van der Waals surface area contributed by atoms with Crippen molar-refractivity contribution in [3.63, 3.8) is 0 Å². The summed E-state index contributed by atoms with van der Waals surface area (Å²) in [6.45, 7) is 5.76. The van der Waals surface area contributed by atoms with Crippen molar-refractivity contribution in [1.82, 2.24) is 9.88 Å². The number of anilines is 2. The molecule has 38 heavy (non-hydrogen) atoms. The van der Waals surface area contributed by atoms with Crippen molar-refractivity contribution in [3.05, 3.63) is 53.4 Å². The number of hydrogen-bond acceptors (Lipinski definition) is 7. The van der Waals surface area contributed by atoms with E-state index in [1.807, 2.05) is 38.8 Å². The van der Waals surface area contributed by atoms with Crippen molar-refractivity contribution >= 4 is 51.9 Å². The monoisotopic (exact) mass is 540 g/mol. The van der Waals surface area contributed by atoms with E-state index >= 15 is 0 Å². The first-order valence-corrected chi connectivity index (χ1v) is 13.1. The number of hydrogen-bond donors (Lipinski definition) is 2. The summed E-state index contributed by atoms with van der Waals surface area (Å²) in [6, 6.07) is 10.6. The number of fused-ring (bicyclic) bond motifs is 1. The second-order valence-electron chi connectivity index (χ2n) is 10.6. The second-order valence-corrected chi connectivity index (χ2v) is 11.1. The van der Waals surface area contributed by atoms with Gasteiger partial charge in [-0.1, -0.05) is 23.7 Å². The molecule has 0 spiro atoms. The Bertz CT molecular complexity index is 1310. The zero-order valence-electron chi connectivity index (χ0n) is 22.0. The Balaban J connectivity index is 1.41. The maximum Gasteiger partial charge on any atom is 0.320 e. The number of halogens is 1. The summed E-state index contributed by atoms with van der Waals surface area (Å²) in [7, 11) is 1.91. The zero-order valence-corrected chi connectivity index (χ0v) is 22.8. The fourth-order valence-electron chi connectivity index (χ4n) is 4.66. The van der Waals surface area contributed by atoms with Crippen LogP contribution in [-0.4, -0.2) is 52.9 Å². The topological polar surface area (TPSA) is 114 Å². The maximum atomic E-state index is 13.3. The molecule has 9 nitrogen and oxygen atoms in total. The smallest absolute Gasteiger partial charge is 0.320 e. The summed E-state index contributed by atoms with van der Waals surface area (Å²) in [5, 5.41) is 6.74. The maximum absolute atomic E-state index is 13.3. The van der Waals surface area contributed by atoms with Gasteiger partial charge in [0, 0.05) is 23.5 Å². The van der Waals surface area contributed by atoms with Gasteiger partial charge in [0.05, 0.1) is 11.6 Å². The van der Waals surface area contributed by atoms with Gasteiger partial charge in [0.1, 0.15) is 22.7 Å². The first kappa shape index (κ1) is 27.6. The minimum absolute atomic E-state index is 0.00193. The van der Waals surface area contributed by atoms with Crippen LogP contribution in [0.15, 0.2) is 47.0 Å². The van der Waals surface area contributed by atoms with Crippen LogP contribution >= 0.6 is 11.6 Å². The molecule has 2 amide bonds. The predicted octanol–water partition coefficient (Wildman–Crippen LogP) is 5.50. The molecule has 3 aromatic rings. The lowest BCUT2D eigenvalue weighted by molar-refractivity contribution is -0.156. The molecule has 0 atom stereocenters. The van der Waals surface area contributed by atoms with Crippen molar-refractivity contribution in [2.75, 3.05) is 24.2 Å². The number of rotatable bonds is 7. The number of amides is 2. The first-order chi connectivity index (χ1) is 18.0. The molecule has 1 aliphatic carbocycles. The lowest BCUT2D eigenvalue weighted by Crippen LogP contribution is -2.41. The van der Waals surface area contributed by atoms with Crippen LogP contribution in [0.25, 0.3) is 11.0 Å². The number of para-hydroxylation sites is 1. The molecule has 2 heterocycles. The Hall–Kier alpha value is -3.43. The third-order valence-electron chi connectivity index (χ3n) is 6.51. The summed E-state index contributed by atoms with van der Waals surface area (Å²) in [5.74, 6) is -0.856. The average Bonchev–Trinajstić information content (AvgIpc) is 3.23. The molecule has 0 aliphatic heterocycles. The number of nitrogens with zero attached hydrogens (tertiary/aromatic N) is 2. The normalized spacial score (nSPS) is 17.8. The number of carbonyl (C=O) groups excluding carboxylic acids is 3. The minimum atomic E-state index is -0.529. The van der Waals surface area contributed by atoms with Crippen LogP contribution in [0.5, 0.6) is 0 Å². The van der Waals surface area contributed by atoms with Gasteiger partial charge in [-0.15, -0.1) is 0 Å². The summed E-state index contributed by atoms with van der Waals surface area (Å²) < 4.78 is 11.3. The Morgan fingerprint density at radius 3 is 2.45 bits per heavy atom. The lowest BCUT2D eigenvalue weighted by Gasteiger charge is -2.34. The van der Waals surface area contributed by atoms with Gasteiger partial charge in [0.15, 0.2) is 0 Å². The molecule has 1 aliphatic rings. The van der Waals surface area contributed by atoms with Gasteiger partial charge in [-0.25, -0.2) is 4.98 Å². The molecule has 10 heteroatoms. The minimum Gasteiger partial charge on any atom is -0.459 e. The molecule has 2 N–H and O–H groups in total.